The summed E-state index contributed by atoms with van der Waals surface area (Å²) in [6.45, 7) is 14.9. The largest absolute Gasteiger partial charge is 0.465 e. The molecule has 1 rings (SSSR count). The summed E-state index contributed by atoms with van der Waals surface area (Å²) in [5.74, 6) is -0.145. The number of likely N-dealkylation sites (N-methyl/N-ethyl adjacent to an activating group) is 1. The number of carbonyl (C=O) groups is 1. The number of morpholine rings is 1. The molecule has 1 aliphatic heterocycles. The highest BCUT2D eigenvalue weighted by Crippen LogP contribution is 2.21. The van der Waals surface area contributed by atoms with Crippen LogP contribution in [0, 0.1) is 0 Å². The quantitative estimate of drug-likeness (QED) is 0.693. The number of nitrogens with one attached hydrogen (secondary N) is 1. The van der Waals surface area contributed by atoms with E-state index in [4.69, 9.17) is 9.47 Å². The van der Waals surface area contributed by atoms with E-state index in [0.717, 1.165) is 45.7 Å². The Labute approximate surface area is 129 Å². The fourth-order valence-electron chi connectivity index (χ4n) is 2.87. The first-order chi connectivity index (χ1) is 9.85. The van der Waals surface area contributed by atoms with Crippen LogP contribution in [0.2, 0.25) is 0 Å². The molecule has 5 nitrogen and oxygen atoms in total. The smallest absolute Gasteiger partial charge is 0.326 e. The highest BCUT2D eigenvalue weighted by atomic mass is 16.5. The molecule has 0 aromatic heterocycles. The molecule has 21 heavy (non-hydrogen) atoms. The van der Waals surface area contributed by atoms with Gasteiger partial charge in [-0.1, -0.05) is 6.92 Å². The van der Waals surface area contributed by atoms with E-state index in [1.807, 2.05) is 20.8 Å². The van der Waals surface area contributed by atoms with E-state index in [0.29, 0.717) is 6.61 Å². The lowest BCUT2D eigenvalue weighted by atomic mass is 9.94. The van der Waals surface area contributed by atoms with Gasteiger partial charge in [0, 0.05) is 12.1 Å². The number of ether oxygens (including phenoxy) is 2. The highest BCUT2D eigenvalue weighted by Gasteiger charge is 2.35. The van der Waals surface area contributed by atoms with E-state index < -0.39 is 5.54 Å². The van der Waals surface area contributed by atoms with Crippen molar-refractivity contribution in [3.63, 3.8) is 0 Å². The van der Waals surface area contributed by atoms with Crippen molar-refractivity contribution >= 4 is 5.97 Å². The van der Waals surface area contributed by atoms with Gasteiger partial charge in [0.15, 0.2) is 0 Å². The van der Waals surface area contributed by atoms with Crippen LogP contribution in [-0.2, 0) is 14.3 Å². The Morgan fingerprint density at radius 3 is 2.71 bits per heavy atom. The minimum absolute atomic E-state index is 0.0801. The van der Waals surface area contributed by atoms with Gasteiger partial charge in [0.05, 0.1) is 19.8 Å². The number of esters is 1. The van der Waals surface area contributed by atoms with Gasteiger partial charge in [-0.2, -0.15) is 0 Å². The fourth-order valence-corrected chi connectivity index (χ4v) is 2.87. The molecule has 1 saturated heterocycles. The van der Waals surface area contributed by atoms with Crippen LogP contribution in [0.5, 0.6) is 0 Å². The van der Waals surface area contributed by atoms with Crippen LogP contribution in [0.25, 0.3) is 0 Å². The zero-order valence-electron chi connectivity index (χ0n) is 14.3. The zero-order valence-corrected chi connectivity index (χ0v) is 14.3. The lowest BCUT2D eigenvalue weighted by Crippen LogP contribution is -2.54. The summed E-state index contributed by atoms with van der Waals surface area (Å²) in [5.41, 5.74) is -0.502. The average Bonchev–Trinajstić information content (AvgIpc) is 2.41. The predicted molar refractivity (Wildman–Crippen MR) is 84.4 cm³/mol. The van der Waals surface area contributed by atoms with Crippen molar-refractivity contribution in [1.82, 2.24) is 10.2 Å². The van der Waals surface area contributed by atoms with Gasteiger partial charge >= 0.3 is 5.97 Å². The van der Waals surface area contributed by atoms with Gasteiger partial charge in [0.2, 0.25) is 0 Å². The van der Waals surface area contributed by atoms with E-state index in [-0.39, 0.29) is 11.5 Å². The molecule has 0 amide bonds. The highest BCUT2D eigenvalue weighted by molar-refractivity contribution is 5.80. The third-order valence-electron chi connectivity index (χ3n) is 4.21. The van der Waals surface area contributed by atoms with Gasteiger partial charge in [0.25, 0.3) is 0 Å². The Kier molecular flexibility index (Phi) is 7.10. The van der Waals surface area contributed by atoms with Crippen LogP contribution in [-0.4, -0.2) is 61.4 Å². The Balaban J connectivity index is 2.51. The number of rotatable bonds is 8. The van der Waals surface area contributed by atoms with Crippen LogP contribution in [0.1, 0.15) is 47.5 Å². The molecule has 0 bridgehead atoms. The van der Waals surface area contributed by atoms with Crippen molar-refractivity contribution in [3.8, 4) is 0 Å². The summed E-state index contributed by atoms with van der Waals surface area (Å²) in [5, 5.41) is 3.28. The van der Waals surface area contributed by atoms with Gasteiger partial charge in [-0.3, -0.25) is 9.69 Å². The van der Waals surface area contributed by atoms with E-state index in [9.17, 15) is 4.79 Å². The van der Waals surface area contributed by atoms with Crippen molar-refractivity contribution in [2.24, 2.45) is 0 Å². The summed E-state index contributed by atoms with van der Waals surface area (Å²) in [6.07, 6.45) is 1.75. The molecule has 0 aromatic rings. The number of hydrogen-bond acceptors (Lipinski definition) is 5. The lowest BCUT2D eigenvalue weighted by molar-refractivity contribution is -0.151. The molecule has 0 spiro atoms. The first-order valence-electron chi connectivity index (χ1n) is 8.11. The minimum atomic E-state index is -0.582. The van der Waals surface area contributed by atoms with Gasteiger partial charge < -0.3 is 14.8 Å². The normalized spacial score (nSPS) is 21.8. The molecule has 5 heteroatoms. The predicted octanol–water partition coefficient (Wildman–Crippen LogP) is 1.81. The first-order valence-corrected chi connectivity index (χ1v) is 8.11. The molecule has 0 aliphatic carbocycles. The molecule has 0 radical (unpaired) electrons. The molecule has 1 unspecified atom stereocenters. The zero-order chi connectivity index (χ0) is 15.9. The summed E-state index contributed by atoms with van der Waals surface area (Å²) >= 11 is 0. The maximum atomic E-state index is 12.1. The minimum Gasteiger partial charge on any atom is -0.465 e. The Morgan fingerprint density at radius 1 is 1.43 bits per heavy atom. The molecule has 1 atom stereocenters. The summed E-state index contributed by atoms with van der Waals surface area (Å²) < 4.78 is 10.8. The summed E-state index contributed by atoms with van der Waals surface area (Å²) in [7, 11) is 0. The fraction of sp³-hybridized carbons (Fsp3) is 0.938. The van der Waals surface area contributed by atoms with E-state index in [1.165, 1.54) is 0 Å². The number of hydrogen-bond donors (Lipinski definition) is 1. The molecule has 0 saturated carbocycles. The standard InChI is InChI=1S/C16H32N2O3/c1-6-17-16(5,14(19)21-7-2)9-8-10-18-11-12-20-13-15(18,3)4/h17H,6-13H2,1-5H3. The third-order valence-corrected chi connectivity index (χ3v) is 4.21. The number of carbonyl (C=O) groups excluding carboxylic acids is 1. The Bertz CT molecular complexity index is 333. The molecule has 1 heterocycles. The second-order valence-corrected chi connectivity index (χ2v) is 6.54. The molecular weight excluding hydrogens is 268 g/mol. The van der Waals surface area contributed by atoms with Crippen molar-refractivity contribution < 1.29 is 14.3 Å². The lowest BCUT2D eigenvalue weighted by Gasteiger charge is -2.42. The Morgan fingerprint density at radius 2 is 2.14 bits per heavy atom. The van der Waals surface area contributed by atoms with E-state index in [2.05, 4.69) is 24.1 Å². The molecule has 1 aliphatic rings. The SMILES string of the molecule is CCNC(C)(CCCN1CCOCC1(C)C)C(=O)OCC. The van der Waals surface area contributed by atoms with Crippen molar-refractivity contribution in [3.05, 3.63) is 0 Å². The van der Waals surface area contributed by atoms with Gasteiger partial charge in [-0.15, -0.1) is 0 Å². The molecule has 1 N–H and O–H groups in total. The van der Waals surface area contributed by atoms with Crippen LogP contribution >= 0.6 is 0 Å². The summed E-state index contributed by atoms with van der Waals surface area (Å²) in [4.78, 5) is 14.6. The third kappa shape index (κ3) is 5.24. The Hall–Kier alpha value is -0.650. The van der Waals surface area contributed by atoms with Gasteiger partial charge in [0.1, 0.15) is 5.54 Å². The molecule has 1 fully saturated rings. The monoisotopic (exact) mass is 300 g/mol. The molecule has 0 aromatic carbocycles. The van der Waals surface area contributed by atoms with Crippen molar-refractivity contribution in [2.45, 2.75) is 58.5 Å². The average molecular weight is 300 g/mol. The van der Waals surface area contributed by atoms with E-state index >= 15 is 0 Å². The molecular formula is C16H32N2O3. The second-order valence-electron chi connectivity index (χ2n) is 6.54. The van der Waals surface area contributed by atoms with Crippen molar-refractivity contribution in [2.75, 3.05) is 39.5 Å². The van der Waals surface area contributed by atoms with E-state index in [1.54, 1.807) is 0 Å². The van der Waals surface area contributed by atoms with Gasteiger partial charge in [-0.05, 0) is 53.6 Å². The maximum Gasteiger partial charge on any atom is 0.326 e. The molecule has 124 valence electrons. The van der Waals surface area contributed by atoms with Crippen LogP contribution in [0.3, 0.4) is 0 Å². The second kappa shape index (κ2) is 8.11. The number of nitrogens with zero attached hydrogens (tertiary/aromatic N) is 1. The van der Waals surface area contributed by atoms with Gasteiger partial charge in [-0.25, -0.2) is 0 Å². The van der Waals surface area contributed by atoms with Crippen LogP contribution in [0.15, 0.2) is 0 Å². The topological polar surface area (TPSA) is 50.8 Å². The van der Waals surface area contributed by atoms with Crippen LogP contribution in [0.4, 0.5) is 0 Å². The van der Waals surface area contributed by atoms with Crippen LogP contribution < -0.4 is 5.32 Å². The van der Waals surface area contributed by atoms with Crippen molar-refractivity contribution in [1.29, 1.82) is 0 Å². The summed E-state index contributed by atoms with van der Waals surface area (Å²) in [6, 6.07) is 0. The maximum absolute atomic E-state index is 12.1. The first kappa shape index (κ1) is 18.4.